The summed E-state index contributed by atoms with van der Waals surface area (Å²) in [4.78, 5) is 23.5. The van der Waals surface area contributed by atoms with Crippen LogP contribution in [0.3, 0.4) is 0 Å². The Morgan fingerprint density at radius 2 is 1.76 bits per heavy atom. The van der Waals surface area contributed by atoms with Crippen molar-refractivity contribution < 1.29 is 23.1 Å². The molecule has 0 fully saturated rings. The Hall–Kier alpha value is -1.11. The van der Waals surface area contributed by atoms with Crippen molar-refractivity contribution in [3.63, 3.8) is 0 Å². The standard InChI is InChI=1S/C10H19NO5S/c1-5-6-17(15,16)7-8(12)11(4)10(2,3)9(13)14/h5-7H2,1-4H3,(H,13,14). The highest BCUT2D eigenvalue weighted by molar-refractivity contribution is 7.92. The van der Waals surface area contributed by atoms with Crippen LogP contribution in [0.2, 0.25) is 0 Å². The van der Waals surface area contributed by atoms with E-state index in [1.807, 2.05) is 0 Å². The molecule has 1 N–H and O–H groups in total. The third-order valence-electron chi connectivity index (χ3n) is 2.59. The highest BCUT2D eigenvalue weighted by atomic mass is 32.2. The SMILES string of the molecule is CCCS(=O)(=O)CC(=O)N(C)C(C)(C)C(=O)O. The average Bonchev–Trinajstić information content (AvgIpc) is 2.15. The van der Waals surface area contributed by atoms with Gasteiger partial charge in [-0.1, -0.05) is 6.92 Å². The first-order chi connectivity index (χ1) is 7.54. The van der Waals surface area contributed by atoms with Crippen molar-refractivity contribution in [2.24, 2.45) is 0 Å². The molecule has 0 aromatic heterocycles. The topological polar surface area (TPSA) is 91.8 Å². The maximum Gasteiger partial charge on any atom is 0.329 e. The van der Waals surface area contributed by atoms with Gasteiger partial charge in [-0.15, -0.1) is 0 Å². The minimum Gasteiger partial charge on any atom is -0.480 e. The smallest absolute Gasteiger partial charge is 0.329 e. The highest BCUT2D eigenvalue weighted by Gasteiger charge is 2.36. The third kappa shape index (κ3) is 4.33. The second kappa shape index (κ2) is 5.48. The number of aliphatic carboxylic acids is 1. The lowest BCUT2D eigenvalue weighted by Crippen LogP contribution is -2.52. The molecule has 0 aromatic rings. The molecule has 0 radical (unpaired) electrons. The van der Waals surface area contributed by atoms with Crippen LogP contribution in [0.15, 0.2) is 0 Å². The van der Waals surface area contributed by atoms with E-state index in [0.717, 1.165) is 4.90 Å². The highest BCUT2D eigenvalue weighted by Crippen LogP contribution is 2.13. The van der Waals surface area contributed by atoms with Crippen molar-refractivity contribution in [3.05, 3.63) is 0 Å². The molecule has 0 atom stereocenters. The van der Waals surface area contributed by atoms with Crippen LogP contribution in [-0.4, -0.2) is 54.4 Å². The van der Waals surface area contributed by atoms with E-state index >= 15 is 0 Å². The number of sulfone groups is 1. The van der Waals surface area contributed by atoms with Gasteiger partial charge in [0.2, 0.25) is 5.91 Å². The molecule has 0 aromatic carbocycles. The van der Waals surface area contributed by atoms with E-state index in [4.69, 9.17) is 5.11 Å². The predicted molar refractivity (Wildman–Crippen MR) is 63.4 cm³/mol. The second-order valence-corrected chi connectivity index (χ2v) is 6.59. The summed E-state index contributed by atoms with van der Waals surface area (Å²) in [6, 6.07) is 0. The van der Waals surface area contributed by atoms with Gasteiger partial charge in [0, 0.05) is 7.05 Å². The zero-order valence-corrected chi connectivity index (χ0v) is 11.4. The zero-order valence-electron chi connectivity index (χ0n) is 10.6. The van der Waals surface area contributed by atoms with Gasteiger partial charge in [0.25, 0.3) is 0 Å². The van der Waals surface area contributed by atoms with Crippen molar-refractivity contribution in [1.29, 1.82) is 0 Å². The van der Waals surface area contributed by atoms with Gasteiger partial charge in [0.05, 0.1) is 5.75 Å². The summed E-state index contributed by atoms with van der Waals surface area (Å²) in [7, 11) is -2.16. The number of carbonyl (C=O) groups is 2. The number of hydrogen-bond acceptors (Lipinski definition) is 4. The van der Waals surface area contributed by atoms with Gasteiger partial charge in [-0.25, -0.2) is 13.2 Å². The van der Waals surface area contributed by atoms with E-state index in [2.05, 4.69) is 0 Å². The molecule has 0 saturated carbocycles. The summed E-state index contributed by atoms with van der Waals surface area (Å²) in [6.45, 7) is 4.40. The molecule has 0 spiro atoms. The van der Waals surface area contributed by atoms with E-state index in [1.54, 1.807) is 6.92 Å². The summed E-state index contributed by atoms with van der Waals surface area (Å²) in [5.74, 6) is -2.60. The van der Waals surface area contributed by atoms with E-state index < -0.39 is 33.0 Å². The first kappa shape index (κ1) is 15.9. The molecular weight excluding hydrogens is 246 g/mol. The summed E-state index contributed by atoms with van der Waals surface area (Å²) >= 11 is 0. The largest absolute Gasteiger partial charge is 0.480 e. The Labute approximate surface area is 102 Å². The quantitative estimate of drug-likeness (QED) is 0.737. The Bertz CT molecular complexity index is 399. The number of nitrogens with zero attached hydrogens (tertiary/aromatic N) is 1. The second-order valence-electron chi connectivity index (χ2n) is 4.41. The molecule has 17 heavy (non-hydrogen) atoms. The van der Waals surface area contributed by atoms with Gasteiger partial charge >= 0.3 is 5.97 Å². The van der Waals surface area contributed by atoms with Gasteiger partial charge in [-0.2, -0.15) is 0 Å². The number of hydrogen-bond donors (Lipinski definition) is 1. The molecule has 0 saturated heterocycles. The fourth-order valence-corrected chi connectivity index (χ4v) is 2.46. The lowest BCUT2D eigenvalue weighted by atomic mass is 10.0. The van der Waals surface area contributed by atoms with Gasteiger partial charge in [-0.3, -0.25) is 4.79 Å². The molecule has 100 valence electrons. The van der Waals surface area contributed by atoms with Crippen LogP contribution >= 0.6 is 0 Å². The number of carboxylic acids is 1. The molecule has 0 aliphatic carbocycles. The Balaban J connectivity index is 4.81. The summed E-state index contributed by atoms with van der Waals surface area (Å²) in [6.07, 6.45) is 0.432. The lowest BCUT2D eigenvalue weighted by molar-refractivity contribution is -0.154. The maximum absolute atomic E-state index is 11.7. The number of rotatable bonds is 6. The van der Waals surface area contributed by atoms with Crippen molar-refractivity contribution in [2.45, 2.75) is 32.7 Å². The van der Waals surface area contributed by atoms with Crippen molar-refractivity contribution in [3.8, 4) is 0 Å². The molecule has 6 nitrogen and oxygen atoms in total. The van der Waals surface area contributed by atoms with E-state index in [0.29, 0.717) is 6.42 Å². The normalized spacial score (nSPS) is 12.2. The number of likely N-dealkylation sites (N-methyl/N-ethyl adjacent to an activating group) is 1. The fourth-order valence-electron chi connectivity index (χ4n) is 1.12. The monoisotopic (exact) mass is 265 g/mol. The zero-order chi connectivity index (χ0) is 13.9. The van der Waals surface area contributed by atoms with E-state index in [9.17, 15) is 18.0 Å². The minimum absolute atomic E-state index is 0.0694. The van der Waals surface area contributed by atoms with Gasteiger partial charge in [0.15, 0.2) is 9.84 Å². The molecule has 0 rings (SSSR count). The van der Waals surface area contributed by atoms with Crippen LogP contribution < -0.4 is 0 Å². The molecule has 0 aliphatic rings. The summed E-state index contributed by atoms with van der Waals surface area (Å²) < 4.78 is 22.9. The number of carboxylic acid groups (broad SMARTS) is 1. The molecule has 0 heterocycles. The van der Waals surface area contributed by atoms with Gasteiger partial charge in [-0.05, 0) is 20.3 Å². The lowest BCUT2D eigenvalue weighted by Gasteiger charge is -2.31. The Kier molecular flexibility index (Phi) is 5.12. The van der Waals surface area contributed by atoms with Crippen LogP contribution in [0, 0.1) is 0 Å². The predicted octanol–water partition coefficient (Wildman–Crippen LogP) is 0.133. The van der Waals surface area contributed by atoms with Crippen LogP contribution in [0.1, 0.15) is 27.2 Å². The van der Waals surface area contributed by atoms with E-state index in [-0.39, 0.29) is 5.75 Å². The van der Waals surface area contributed by atoms with E-state index in [1.165, 1.54) is 20.9 Å². The van der Waals surface area contributed by atoms with Crippen molar-refractivity contribution in [1.82, 2.24) is 4.90 Å². The summed E-state index contributed by atoms with van der Waals surface area (Å²) in [5, 5.41) is 8.92. The first-order valence-corrected chi connectivity index (χ1v) is 7.07. The molecule has 7 heteroatoms. The molecule has 0 unspecified atom stereocenters. The summed E-state index contributed by atoms with van der Waals surface area (Å²) in [5.41, 5.74) is -1.42. The van der Waals surface area contributed by atoms with Crippen LogP contribution in [0.5, 0.6) is 0 Å². The third-order valence-corrected chi connectivity index (χ3v) is 4.31. The molecular formula is C10H19NO5S. The van der Waals surface area contributed by atoms with Crippen LogP contribution in [0.25, 0.3) is 0 Å². The average molecular weight is 265 g/mol. The van der Waals surface area contributed by atoms with Gasteiger partial charge < -0.3 is 10.0 Å². The maximum atomic E-state index is 11.7. The van der Waals surface area contributed by atoms with Crippen LogP contribution in [0.4, 0.5) is 0 Å². The Morgan fingerprint density at radius 1 is 1.29 bits per heavy atom. The molecule has 0 aliphatic heterocycles. The fraction of sp³-hybridized carbons (Fsp3) is 0.800. The first-order valence-electron chi connectivity index (χ1n) is 5.25. The molecule has 0 bridgehead atoms. The molecule has 1 amide bonds. The Morgan fingerprint density at radius 3 is 2.12 bits per heavy atom. The van der Waals surface area contributed by atoms with Gasteiger partial charge in [0.1, 0.15) is 11.3 Å². The van der Waals surface area contributed by atoms with Crippen molar-refractivity contribution >= 4 is 21.7 Å². The van der Waals surface area contributed by atoms with Crippen LogP contribution in [-0.2, 0) is 19.4 Å². The minimum atomic E-state index is -3.45. The number of amides is 1. The number of carbonyl (C=O) groups excluding carboxylic acids is 1. The van der Waals surface area contributed by atoms with Crippen molar-refractivity contribution in [2.75, 3.05) is 18.6 Å².